The predicted molar refractivity (Wildman–Crippen MR) is 104 cm³/mol. The van der Waals surface area contributed by atoms with E-state index in [0.717, 1.165) is 28.6 Å². The van der Waals surface area contributed by atoms with Gasteiger partial charge < -0.3 is 9.72 Å². The third-order valence-electron chi connectivity index (χ3n) is 5.53. The number of nitrogens with zero attached hydrogens (tertiary/aromatic N) is 1. The number of aromatic amines is 1. The smallest absolute Gasteiger partial charge is 0.389 e. The van der Waals surface area contributed by atoms with Crippen molar-refractivity contribution in [3.8, 4) is 5.75 Å². The lowest BCUT2D eigenvalue weighted by molar-refractivity contribution is -0.136. The molecule has 1 aliphatic rings. The maximum Gasteiger partial charge on any atom is 0.389 e. The normalized spacial score (nSPS) is 17.5. The molecule has 2 aromatic carbocycles. The maximum atomic E-state index is 14.0. The summed E-state index contributed by atoms with van der Waals surface area (Å²) in [7, 11) is 1.40. The van der Waals surface area contributed by atoms with E-state index in [1.165, 1.54) is 18.7 Å². The summed E-state index contributed by atoms with van der Waals surface area (Å²) in [6, 6.07) is 12.3. The molecule has 0 aliphatic carbocycles. The standard InChI is InChI=1S/C22H22F4N2O/c1-29-19-13-14(7-8-17(19)23)21-20-16(15-5-2-3-6-18(15)27-20)9-12-28(21)11-4-10-22(24,25)26/h2-3,5-8,13,21,27H,4,9-12H2,1H3/t21-/m1/s1. The Balaban J connectivity index is 1.74. The van der Waals surface area contributed by atoms with E-state index in [2.05, 4.69) is 4.98 Å². The minimum absolute atomic E-state index is 0.0217. The first-order chi connectivity index (χ1) is 13.9. The molecule has 4 rings (SSSR count). The van der Waals surface area contributed by atoms with Crippen molar-refractivity contribution in [3.05, 3.63) is 65.1 Å². The minimum atomic E-state index is -4.17. The second kappa shape index (κ2) is 7.71. The number of aromatic nitrogens is 1. The summed E-state index contributed by atoms with van der Waals surface area (Å²) in [5.41, 5.74) is 3.91. The van der Waals surface area contributed by atoms with Crippen LogP contribution in [-0.2, 0) is 6.42 Å². The first-order valence-electron chi connectivity index (χ1n) is 9.61. The topological polar surface area (TPSA) is 28.3 Å². The Morgan fingerprint density at radius 2 is 1.97 bits per heavy atom. The highest BCUT2D eigenvalue weighted by atomic mass is 19.4. The van der Waals surface area contributed by atoms with Crippen molar-refractivity contribution in [2.24, 2.45) is 0 Å². The van der Waals surface area contributed by atoms with Crippen LogP contribution >= 0.6 is 0 Å². The second-order valence-corrected chi connectivity index (χ2v) is 7.36. The van der Waals surface area contributed by atoms with Crippen LogP contribution in [0.3, 0.4) is 0 Å². The van der Waals surface area contributed by atoms with Crippen molar-refractivity contribution >= 4 is 10.9 Å². The molecular weight excluding hydrogens is 384 g/mol. The van der Waals surface area contributed by atoms with Crippen molar-refractivity contribution in [1.29, 1.82) is 0 Å². The number of hydrogen-bond donors (Lipinski definition) is 1. The van der Waals surface area contributed by atoms with Crippen LogP contribution in [0.15, 0.2) is 42.5 Å². The number of alkyl halides is 3. The third kappa shape index (κ3) is 3.96. The molecule has 29 heavy (non-hydrogen) atoms. The summed E-state index contributed by atoms with van der Waals surface area (Å²) in [4.78, 5) is 5.49. The molecule has 1 atom stereocenters. The molecule has 0 fully saturated rings. The number of nitrogens with one attached hydrogen (secondary N) is 1. The van der Waals surface area contributed by atoms with Gasteiger partial charge in [0.25, 0.3) is 0 Å². The molecule has 3 nitrogen and oxygen atoms in total. The van der Waals surface area contributed by atoms with E-state index >= 15 is 0 Å². The average Bonchev–Trinajstić information content (AvgIpc) is 3.06. The first kappa shape index (κ1) is 19.8. The summed E-state index contributed by atoms with van der Waals surface area (Å²) in [6.07, 6.45) is -4.22. The number of para-hydroxylation sites is 1. The Morgan fingerprint density at radius 1 is 1.17 bits per heavy atom. The van der Waals surface area contributed by atoms with Gasteiger partial charge >= 0.3 is 6.18 Å². The van der Waals surface area contributed by atoms with Gasteiger partial charge in [-0.3, -0.25) is 4.90 Å². The zero-order valence-electron chi connectivity index (χ0n) is 16.0. The van der Waals surface area contributed by atoms with Crippen molar-refractivity contribution in [2.75, 3.05) is 20.2 Å². The van der Waals surface area contributed by atoms with Gasteiger partial charge in [0.15, 0.2) is 11.6 Å². The van der Waals surface area contributed by atoms with E-state index in [0.29, 0.717) is 13.1 Å². The van der Waals surface area contributed by atoms with E-state index < -0.39 is 18.4 Å². The molecule has 0 spiro atoms. The highest BCUT2D eigenvalue weighted by Gasteiger charge is 2.33. The molecule has 1 aromatic heterocycles. The monoisotopic (exact) mass is 406 g/mol. The number of fused-ring (bicyclic) bond motifs is 3. The van der Waals surface area contributed by atoms with Crippen LogP contribution in [0.2, 0.25) is 0 Å². The van der Waals surface area contributed by atoms with Gasteiger partial charge in [0, 0.05) is 29.6 Å². The lowest BCUT2D eigenvalue weighted by atomic mass is 9.92. The van der Waals surface area contributed by atoms with E-state index in [-0.39, 0.29) is 18.2 Å². The first-order valence-corrected chi connectivity index (χ1v) is 9.61. The summed E-state index contributed by atoms with van der Waals surface area (Å²) in [5.74, 6) is -0.339. The summed E-state index contributed by atoms with van der Waals surface area (Å²) in [6.45, 7) is 0.940. The van der Waals surface area contributed by atoms with Crippen molar-refractivity contribution in [3.63, 3.8) is 0 Å². The zero-order valence-corrected chi connectivity index (χ0v) is 16.0. The highest BCUT2D eigenvalue weighted by molar-refractivity contribution is 5.85. The van der Waals surface area contributed by atoms with Gasteiger partial charge in [-0.1, -0.05) is 24.3 Å². The van der Waals surface area contributed by atoms with Gasteiger partial charge in [-0.2, -0.15) is 13.2 Å². The second-order valence-electron chi connectivity index (χ2n) is 7.36. The maximum absolute atomic E-state index is 14.0. The van der Waals surface area contributed by atoms with Crippen molar-refractivity contribution in [2.45, 2.75) is 31.5 Å². The van der Waals surface area contributed by atoms with Gasteiger partial charge in [-0.15, -0.1) is 0 Å². The molecule has 0 saturated carbocycles. The molecule has 2 heterocycles. The van der Waals surface area contributed by atoms with Gasteiger partial charge in [0.2, 0.25) is 0 Å². The number of ether oxygens (including phenoxy) is 1. The highest BCUT2D eigenvalue weighted by Crippen LogP contribution is 2.40. The Hall–Kier alpha value is -2.54. The van der Waals surface area contributed by atoms with E-state index in [9.17, 15) is 17.6 Å². The van der Waals surface area contributed by atoms with Crippen LogP contribution in [0.4, 0.5) is 17.6 Å². The molecule has 3 aromatic rings. The van der Waals surface area contributed by atoms with Gasteiger partial charge in [0.05, 0.1) is 13.2 Å². The fraction of sp³-hybridized carbons (Fsp3) is 0.364. The SMILES string of the molecule is COc1cc([C@@H]2c3[nH]c4ccccc4c3CCN2CCCC(F)(F)F)ccc1F. The van der Waals surface area contributed by atoms with Crippen molar-refractivity contribution in [1.82, 2.24) is 9.88 Å². The van der Waals surface area contributed by atoms with E-state index in [4.69, 9.17) is 4.74 Å². The number of halogens is 4. The molecule has 154 valence electrons. The number of hydrogen-bond acceptors (Lipinski definition) is 2. The molecular formula is C22H22F4N2O. The lowest BCUT2D eigenvalue weighted by Gasteiger charge is -2.36. The zero-order chi connectivity index (χ0) is 20.6. The summed E-state index contributed by atoms with van der Waals surface area (Å²) < 4.78 is 57.1. The van der Waals surface area contributed by atoms with Crippen LogP contribution in [0.5, 0.6) is 5.75 Å². The predicted octanol–water partition coefficient (Wildman–Crippen LogP) is 5.61. The minimum Gasteiger partial charge on any atom is -0.494 e. The molecule has 0 amide bonds. The van der Waals surface area contributed by atoms with Gasteiger partial charge in [-0.25, -0.2) is 4.39 Å². The average molecular weight is 406 g/mol. The van der Waals surface area contributed by atoms with Crippen molar-refractivity contribution < 1.29 is 22.3 Å². The lowest BCUT2D eigenvalue weighted by Crippen LogP contribution is -2.37. The molecule has 1 aliphatic heterocycles. The molecule has 1 N–H and O–H groups in total. The molecule has 0 saturated heterocycles. The molecule has 0 unspecified atom stereocenters. The number of benzene rings is 2. The fourth-order valence-electron chi connectivity index (χ4n) is 4.24. The Bertz CT molecular complexity index is 1010. The Labute approximate surface area is 166 Å². The quantitative estimate of drug-likeness (QED) is 0.558. The fourth-order valence-corrected chi connectivity index (χ4v) is 4.24. The van der Waals surface area contributed by atoms with Crippen LogP contribution < -0.4 is 4.74 Å². The number of rotatable bonds is 5. The van der Waals surface area contributed by atoms with Crippen LogP contribution in [0.1, 0.15) is 35.7 Å². The van der Waals surface area contributed by atoms with Crippen LogP contribution in [0, 0.1) is 5.82 Å². The largest absolute Gasteiger partial charge is 0.494 e. The van der Waals surface area contributed by atoms with Gasteiger partial charge in [0.1, 0.15) is 0 Å². The van der Waals surface area contributed by atoms with E-state index in [1.54, 1.807) is 12.1 Å². The summed E-state index contributed by atoms with van der Waals surface area (Å²) >= 11 is 0. The Kier molecular flexibility index (Phi) is 5.25. The summed E-state index contributed by atoms with van der Waals surface area (Å²) in [5, 5.41) is 1.12. The van der Waals surface area contributed by atoms with Crippen LogP contribution in [-0.4, -0.2) is 36.3 Å². The Morgan fingerprint density at radius 3 is 2.72 bits per heavy atom. The number of methoxy groups -OCH3 is 1. The molecule has 7 heteroatoms. The molecule has 0 radical (unpaired) electrons. The third-order valence-corrected chi connectivity index (χ3v) is 5.53. The van der Waals surface area contributed by atoms with Crippen LogP contribution in [0.25, 0.3) is 10.9 Å². The molecule has 0 bridgehead atoms. The number of H-pyrrole nitrogens is 1. The van der Waals surface area contributed by atoms with Gasteiger partial charge in [-0.05, 0) is 48.7 Å². The van der Waals surface area contributed by atoms with E-state index in [1.807, 2.05) is 29.2 Å².